The van der Waals surface area contributed by atoms with Crippen molar-refractivity contribution in [1.29, 1.82) is 0 Å². The highest BCUT2D eigenvalue weighted by atomic mass is 79.9. The Hall–Kier alpha value is -1.62. The van der Waals surface area contributed by atoms with Crippen LogP contribution in [-0.4, -0.2) is 23.5 Å². The van der Waals surface area contributed by atoms with Gasteiger partial charge < -0.3 is 10.6 Å². The van der Waals surface area contributed by atoms with Crippen molar-refractivity contribution in [2.24, 2.45) is 0 Å². The van der Waals surface area contributed by atoms with E-state index in [1.54, 1.807) is 6.20 Å². The molecule has 0 aliphatic rings. The molecule has 0 spiro atoms. The van der Waals surface area contributed by atoms with E-state index < -0.39 is 0 Å². The van der Waals surface area contributed by atoms with Crippen LogP contribution in [0.15, 0.2) is 34.9 Å². The third-order valence-corrected chi connectivity index (χ3v) is 3.54. The van der Waals surface area contributed by atoms with Gasteiger partial charge in [0.05, 0.1) is 0 Å². The number of aromatic nitrogens is 1. The van der Waals surface area contributed by atoms with Crippen molar-refractivity contribution >= 4 is 38.4 Å². The molecule has 0 saturated heterocycles. The Morgan fingerprint density at radius 2 is 2.16 bits per heavy atom. The molecule has 5 heteroatoms. The normalized spacial score (nSPS) is 12.2. The highest BCUT2D eigenvalue weighted by Gasteiger charge is 2.13. The number of halogens is 1. The lowest BCUT2D eigenvalue weighted by Crippen LogP contribution is -2.37. The second kappa shape index (κ2) is 6.02. The van der Waals surface area contributed by atoms with Crippen molar-refractivity contribution in [2.45, 2.75) is 19.9 Å². The van der Waals surface area contributed by atoms with E-state index in [0.717, 1.165) is 21.1 Å². The first-order chi connectivity index (χ1) is 9.13. The zero-order valence-electron chi connectivity index (χ0n) is 10.9. The summed E-state index contributed by atoms with van der Waals surface area (Å²) in [6, 6.07) is 7.55. The van der Waals surface area contributed by atoms with Gasteiger partial charge in [-0.1, -0.05) is 28.1 Å². The molecular weight excluding hydrogens is 306 g/mol. The van der Waals surface area contributed by atoms with Crippen LogP contribution in [0.1, 0.15) is 13.8 Å². The predicted molar refractivity (Wildman–Crippen MR) is 81.2 cm³/mol. The largest absolute Gasteiger partial charge is 0.358 e. The number of anilines is 1. The average Bonchev–Trinajstić information content (AvgIpc) is 2.40. The number of nitrogens with zero attached hydrogens (tertiary/aromatic N) is 1. The van der Waals surface area contributed by atoms with Gasteiger partial charge in [0, 0.05) is 28.0 Å². The summed E-state index contributed by atoms with van der Waals surface area (Å²) >= 11 is 3.52. The molecule has 1 amide bonds. The minimum Gasteiger partial charge on any atom is -0.358 e. The molecule has 1 atom stereocenters. The molecule has 19 heavy (non-hydrogen) atoms. The molecule has 1 unspecified atom stereocenters. The monoisotopic (exact) mass is 321 g/mol. The summed E-state index contributed by atoms with van der Waals surface area (Å²) in [5.74, 6) is 0.689. The van der Waals surface area contributed by atoms with Gasteiger partial charge in [0.2, 0.25) is 5.91 Å². The van der Waals surface area contributed by atoms with Crippen molar-refractivity contribution in [3.8, 4) is 0 Å². The van der Waals surface area contributed by atoms with Gasteiger partial charge in [0.1, 0.15) is 11.9 Å². The van der Waals surface area contributed by atoms with Gasteiger partial charge in [-0.25, -0.2) is 4.98 Å². The first-order valence-corrected chi connectivity index (χ1v) is 7.00. The predicted octanol–water partition coefficient (Wildman–Crippen LogP) is 2.93. The third kappa shape index (κ3) is 3.04. The zero-order chi connectivity index (χ0) is 13.8. The fraction of sp³-hybridized carbons (Fsp3) is 0.286. The lowest BCUT2D eigenvalue weighted by molar-refractivity contribution is -0.121. The lowest BCUT2D eigenvalue weighted by atomic mass is 10.1. The Bertz CT molecular complexity index is 600. The molecule has 0 saturated carbocycles. The number of rotatable bonds is 4. The van der Waals surface area contributed by atoms with Crippen LogP contribution >= 0.6 is 15.9 Å². The van der Waals surface area contributed by atoms with Gasteiger partial charge in [-0.15, -0.1) is 0 Å². The Balaban J connectivity index is 2.31. The van der Waals surface area contributed by atoms with Crippen molar-refractivity contribution in [1.82, 2.24) is 10.3 Å². The maximum absolute atomic E-state index is 11.7. The fourth-order valence-electron chi connectivity index (χ4n) is 1.88. The van der Waals surface area contributed by atoms with E-state index in [-0.39, 0.29) is 11.9 Å². The van der Waals surface area contributed by atoms with Crippen LogP contribution in [-0.2, 0) is 4.79 Å². The number of benzene rings is 1. The quantitative estimate of drug-likeness (QED) is 0.910. The van der Waals surface area contributed by atoms with E-state index in [1.165, 1.54) is 0 Å². The lowest BCUT2D eigenvalue weighted by Gasteiger charge is -2.15. The zero-order valence-corrected chi connectivity index (χ0v) is 12.5. The van der Waals surface area contributed by atoms with Gasteiger partial charge in [-0.2, -0.15) is 0 Å². The average molecular weight is 322 g/mol. The van der Waals surface area contributed by atoms with Crippen LogP contribution in [0.3, 0.4) is 0 Å². The highest BCUT2D eigenvalue weighted by molar-refractivity contribution is 9.10. The molecule has 0 aliphatic carbocycles. The Morgan fingerprint density at radius 1 is 1.37 bits per heavy atom. The molecule has 1 aromatic heterocycles. The van der Waals surface area contributed by atoms with E-state index in [4.69, 9.17) is 0 Å². The van der Waals surface area contributed by atoms with Crippen LogP contribution < -0.4 is 10.6 Å². The van der Waals surface area contributed by atoms with Crippen molar-refractivity contribution in [2.75, 3.05) is 11.9 Å². The van der Waals surface area contributed by atoms with Crippen molar-refractivity contribution in [3.05, 3.63) is 34.9 Å². The molecule has 0 fully saturated rings. The minimum atomic E-state index is -0.322. The SMILES string of the molecule is CCNC(=O)C(C)Nc1nccc2c(Br)cccc12. The number of likely N-dealkylation sites (N-methyl/N-ethyl adjacent to an activating group) is 1. The topological polar surface area (TPSA) is 54.0 Å². The number of hydrogen-bond donors (Lipinski definition) is 2. The molecule has 4 nitrogen and oxygen atoms in total. The van der Waals surface area contributed by atoms with Gasteiger partial charge in [-0.05, 0) is 26.0 Å². The van der Waals surface area contributed by atoms with Gasteiger partial charge in [-0.3, -0.25) is 4.79 Å². The molecule has 1 heterocycles. The van der Waals surface area contributed by atoms with Crippen molar-refractivity contribution < 1.29 is 4.79 Å². The Kier molecular flexibility index (Phi) is 4.37. The molecular formula is C14H16BrN3O. The van der Waals surface area contributed by atoms with Crippen molar-refractivity contribution in [3.63, 3.8) is 0 Å². The Labute approximate surface area is 120 Å². The van der Waals surface area contributed by atoms with Crippen LogP contribution in [0.4, 0.5) is 5.82 Å². The van der Waals surface area contributed by atoms with E-state index in [0.29, 0.717) is 6.54 Å². The molecule has 2 aromatic rings. The molecule has 0 bridgehead atoms. The number of carbonyl (C=O) groups excluding carboxylic acids is 1. The van der Waals surface area contributed by atoms with E-state index >= 15 is 0 Å². The van der Waals surface area contributed by atoms with Crippen LogP contribution in [0.2, 0.25) is 0 Å². The summed E-state index contributed by atoms with van der Waals surface area (Å²) in [4.78, 5) is 16.1. The number of amides is 1. The molecule has 1 aromatic carbocycles. The van der Waals surface area contributed by atoms with Gasteiger partial charge in [0.25, 0.3) is 0 Å². The maximum atomic E-state index is 11.7. The number of nitrogens with one attached hydrogen (secondary N) is 2. The fourth-order valence-corrected chi connectivity index (χ4v) is 2.38. The van der Waals surface area contributed by atoms with E-state index in [9.17, 15) is 4.79 Å². The summed E-state index contributed by atoms with van der Waals surface area (Å²) in [5.41, 5.74) is 0. The van der Waals surface area contributed by atoms with Crippen LogP contribution in [0.5, 0.6) is 0 Å². The number of hydrogen-bond acceptors (Lipinski definition) is 3. The summed E-state index contributed by atoms with van der Waals surface area (Å²) in [5, 5.41) is 8.01. The Morgan fingerprint density at radius 3 is 2.89 bits per heavy atom. The summed E-state index contributed by atoms with van der Waals surface area (Å²) in [6.45, 7) is 4.35. The minimum absolute atomic E-state index is 0.0312. The summed E-state index contributed by atoms with van der Waals surface area (Å²) < 4.78 is 1.01. The number of fused-ring (bicyclic) bond motifs is 1. The standard InChI is InChI=1S/C14H16BrN3O/c1-3-16-14(19)9(2)18-13-11-5-4-6-12(15)10(11)7-8-17-13/h4-9H,3H2,1-2H3,(H,16,19)(H,17,18). The number of carbonyl (C=O) groups is 1. The van der Waals surface area contributed by atoms with E-state index in [2.05, 4.69) is 31.5 Å². The molecule has 2 N–H and O–H groups in total. The second-order valence-corrected chi connectivity index (χ2v) is 5.11. The third-order valence-electron chi connectivity index (χ3n) is 2.85. The van der Waals surface area contributed by atoms with Gasteiger partial charge >= 0.3 is 0 Å². The first kappa shape index (κ1) is 13.8. The molecule has 0 radical (unpaired) electrons. The number of pyridine rings is 1. The molecule has 100 valence electrons. The molecule has 2 rings (SSSR count). The maximum Gasteiger partial charge on any atom is 0.242 e. The van der Waals surface area contributed by atoms with Crippen LogP contribution in [0, 0.1) is 0 Å². The summed E-state index contributed by atoms with van der Waals surface area (Å²) in [7, 11) is 0. The second-order valence-electron chi connectivity index (χ2n) is 4.26. The van der Waals surface area contributed by atoms with Crippen LogP contribution in [0.25, 0.3) is 10.8 Å². The highest BCUT2D eigenvalue weighted by Crippen LogP contribution is 2.27. The molecule has 0 aliphatic heterocycles. The van der Waals surface area contributed by atoms with Gasteiger partial charge in [0.15, 0.2) is 0 Å². The smallest absolute Gasteiger partial charge is 0.242 e. The first-order valence-electron chi connectivity index (χ1n) is 6.21. The summed E-state index contributed by atoms with van der Waals surface area (Å²) in [6.07, 6.45) is 1.74. The van der Waals surface area contributed by atoms with E-state index in [1.807, 2.05) is 38.1 Å².